The second-order valence-corrected chi connectivity index (χ2v) is 8.99. The Hall–Kier alpha value is -3.29. The lowest BCUT2D eigenvalue weighted by molar-refractivity contribution is -0.142. The molecule has 0 radical (unpaired) electrons. The summed E-state index contributed by atoms with van der Waals surface area (Å²) in [6.45, 7) is 5.05. The van der Waals surface area contributed by atoms with E-state index in [9.17, 15) is 19.5 Å². The van der Waals surface area contributed by atoms with Gasteiger partial charge in [0.15, 0.2) is 0 Å². The normalized spacial score (nSPS) is 11.3. The van der Waals surface area contributed by atoms with Gasteiger partial charge < -0.3 is 53.6 Å². The zero-order chi connectivity index (χ0) is 33.8. The molecule has 0 fully saturated rings. The highest BCUT2D eigenvalue weighted by atomic mass is 16.6. The molecule has 20 nitrogen and oxygen atoms in total. The summed E-state index contributed by atoms with van der Waals surface area (Å²) in [5.41, 5.74) is 16.3. The molecule has 0 spiro atoms. The van der Waals surface area contributed by atoms with E-state index in [1.807, 2.05) is 0 Å². The minimum atomic E-state index is -1.16. The summed E-state index contributed by atoms with van der Waals surface area (Å²) >= 11 is 0. The zero-order valence-electron chi connectivity index (χ0n) is 26.3. The van der Waals surface area contributed by atoms with Gasteiger partial charge in [-0.25, -0.2) is 4.79 Å². The highest BCUT2D eigenvalue weighted by Crippen LogP contribution is 2.01. The van der Waals surface area contributed by atoms with Gasteiger partial charge in [0.25, 0.3) is 0 Å². The summed E-state index contributed by atoms with van der Waals surface area (Å²) in [4.78, 5) is 40.6. The Morgan fingerprint density at radius 3 is 1.39 bits per heavy atom. The summed E-state index contributed by atoms with van der Waals surface area (Å²) in [7, 11) is 0. The van der Waals surface area contributed by atoms with Gasteiger partial charge in [-0.15, -0.1) is 0 Å². The number of carbonyl (C=O) groups is 3. The number of aliphatic carboxylic acids is 1. The zero-order valence-corrected chi connectivity index (χ0v) is 26.3. The molecule has 0 aromatic carbocycles. The van der Waals surface area contributed by atoms with Crippen LogP contribution in [0.25, 0.3) is 20.9 Å². The van der Waals surface area contributed by atoms with E-state index >= 15 is 0 Å². The van der Waals surface area contributed by atoms with E-state index in [1.54, 1.807) is 0 Å². The fourth-order valence-electron chi connectivity index (χ4n) is 3.20. The predicted molar refractivity (Wildman–Crippen MR) is 161 cm³/mol. The minimum Gasteiger partial charge on any atom is -0.480 e. The third kappa shape index (κ3) is 32.1. The number of hydrogen-bond acceptors (Lipinski definition) is 13. The quantitative estimate of drug-likeness (QED) is 0.0364. The van der Waals surface area contributed by atoms with Crippen LogP contribution in [-0.4, -0.2) is 154 Å². The molecule has 0 aliphatic heterocycles. The lowest BCUT2D eigenvalue weighted by Gasteiger charge is -2.15. The van der Waals surface area contributed by atoms with Crippen molar-refractivity contribution in [1.82, 2.24) is 10.6 Å². The molecule has 0 aromatic rings. The summed E-state index contributed by atoms with van der Waals surface area (Å²) in [5.74, 6) is -2.01. The van der Waals surface area contributed by atoms with Crippen molar-refractivity contribution < 1.29 is 57.4 Å². The van der Waals surface area contributed by atoms with Gasteiger partial charge in [-0.2, -0.15) is 0 Å². The predicted octanol–water partition coefficient (Wildman–Crippen LogP) is 0.596. The van der Waals surface area contributed by atoms with Gasteiger partial charge in [0.05, 0.1) is 92.5 Å². The molecule has 0 rings (SSSR count). The van der Waals surface area contributed by atoms with Gasteiger partial charge in [-0.1, -0.05) is 10.2 Å². The smallest absolute Gasteiger partial charge is 0.326 e. The van der Waals surface area contributed by atoms with Gasteiger partial charge in [0.2, 0.25) is 11.8 Å². The number of carboxylic acid groups (broad SMARTS) is 1. The molecule has 46 heavy (non-hydrogen) atoms. The Kier molecular flexibility index (Phi) is 32.1. The SMILES string of the molecule is [N-]=[N+]=NCCOCCOCCOCCOCC(=O)NCCCC[C@@H](NC(=O)COCCOCCOCCOCCN=[N+]=[N-])C(=O)O. The molecule has 2 amide bonds. The fourth-order valence-corrected chi connectivity index (χ4v) is 3.20. The van der Waals surface area contributed by atoms with Gasteiger partial charge in [-0.3, -0.25) is 9.59 Å². The molecule has 0 bridgehead atoms. The van der Waals surface area contributed by atoms with Gasteiger partial charge in [0.1, 0.15) is 19.3 Å². The van der Waals surface area contributed by atoms with Crippen LogP contribution in [0.5, 0.6) is 0 Å². The van der Waals surface area contributed by atoms with Crippen LogP contribution in [0, 0.1) is 0 Å². The lowest BCUT2D eigenvalue weighted by Crippen LogP contribution is -2.42. The van der Waals surface area contributed by atoms with Crippen molar-refractivity contribution >= 4 is 17.8 Å². The molecule has 3 N–H and O–H groups in total. The van der Waals surface area contributed by atoms with Crippen molar-refractivity contribution in [3.8, 4) is 0 Å². The maximum absolute atomic E-state index is 12.0. The number of nitrogens with zero attached hydrogens (tertiary/aromatic N) is 6. The first kappa shape index (κ1) is 42.7. The number of unbranched alkanes of at least 4 members (excludes halogenated alkanes) is 1. The maximum Gasteiger partial charge on any atom is 0.326 e. The first-order valence-corrected chi connectivity index (χ1v) is 14.9. The first-order valence-electron chi connectivity index (χ1n) is 14.9. The third-order valence-electron chi connectivity index (χ3n) is 5.37. The standard InChI is InChI=1S/C26H48N8O12/c27-33-30-5-7-39-9-11-41-13-15-43-17-19-45-21-24(35)29-4-2-1-3-23(26(37)38)32-25(36)22-46-20-18-44-16-14-42-12-10-40-8-6-31-34-28/h23H,1-22H2,(H,29,35)(H,32,36)(H,37,38)/t23-/m1/s1. The monoisotopic (exact) mass is 664 g/mol. The number of amides is 2. The van der Waals surface area contributed by atoms with Crippen molar-refractivity contribution in [2.45, 2.75) is 25.3 Å². The molecular weight excluding hydrogens is 616 g/mol. The molecule has 0 heterocycles. The largest absolute Gasteiger partial charge is 0.480 e. The number of nitrogens with one attached hydrogen (secondary N) is 2. The molecule has 20 heteroatoms. The van der Waals surface area contributed by atoms with E-state index < -0.39 is 17.9 Å². The molecule has 0 aliphatic carbocycles. The molecule has 1 atom stereocenters. The summed E-state index contributed by atoms with van der Waals surface area (Å²) in [5, 5.41) is 21.2. The van der Waals surface area contributed by atoms with Crippen molar-refractivity contribution in [3.63, 3.8) is 0 Å². The van der Waals surface area contributed by atoms with Crippen LogP contribution in [-0.2, 0) is 52.3 Å². The Morgan fingerprint density at radius 1 is 0.587 bits per heavy atom. The highest BCUT2D eigenvalue weighted by Gasteiger charge is 2.19. The van der Waals surface area contributed by atoms with Crippen LogP contribution >= 0.6 is 0 Å². The summed E-state index contributed by atoms with van der Waals surface area (Å²) in [6.07, 6.45) is 1.19. The van der Waals surface area contributed by atoms with E-state index in [-0.39, 0.29) is 58.5 Å². The molecule has 0 unspecified atom stereocenters. The van der Waals surface area contributed by atoms with Crippen molar-refractivity contribution in [2.24, 2.45) is 10.2 Å². The van der Waals surface area contributed by atoms with E-state index in [0.717, 1.165) is 0 Å². The molecule has 0 saturated heterocycles. The molecular formula is C26H48N8O12. The highest BCUT2D eigenvalue weighted by molar-refractivity contribution is 5.84. The third-order valence-corrected chi connectivity index (χ3v) is 5.37. The average Bonchev–Trinajstić information content (AvgIpc) is 3.04. The van der Waals surface area contributed by atoms with E-state index in [0.29, 0.717) is 92.1 Å². The number of carbonyl (C=O) groups excluding carboxylic acids is 2. The van der Waals surface area contributed by atoms with Crippen molar-refractivity contribution in [1.29, 1.82) is 0 Å². The second-order valence-electron chi connectivity index (χ2n) is 8.99. The molecule has 0 aliphatic rings. The topological polar surface area (TPSA) is 267 Å². The number of azide groups is 2. The Morgan fingerprint density at radius 2 is 0.978 bits per heavy atom. The number of ether oxygens (including phenoxy) is 8. The maximum atomic E-state index is 12.0. The first-order chi connectivity index (χ1) is 22.5. The number of rotatable bonds is 35. The van der Waals surface area contributed by atoms with Crippen molar-refractivity contribution in [2.75, 3.05) is 125 Å². The van der Waals surface area contributed by atoms with Crippen LogP contribution in [0.3, 0.4) is 0 Å². The van der Waals surface area contributed by atoms with E-state index in [2.05, 4.69) is 30.7 Å². The Labute approximate surface area is 267 Å². The van der Waals surface area contributed by atoms with Gasteiger partial charge >= 0.3 is 5.97 Å². The van der Waals surface area contributed by atoms with Crippen LogP contribution < -0.4 is 10.6 Å². The van der Waals surface area contributed by atoms with Crippen LogP contribution in [0.4, 0.5) is 0 Å². The molecule has 0 saturated carbocycles. The Balaban J connectivity index is 3.61. The lowest BCUT2D eigenvalue weighted by atomic mass is 10.1. The van der Waals surface area contributed by atoms with Crippen LogP contribution in [0.2, 0.25) is 0 Å². The van der Waals surface area contributed by atoms with E-state index in [4.69, 9.17) is 49.0 Å². The molecule has 0 aromatic heterocycles. The van der Waals surface area contributed by atoms with Gasteiger partial charge in [0, 0.05) is 29.5 Å². The Bertz CT molecular complexity index is 876. The van der Waals surface area contributed by atoms with Gasteiger partial charge in [-0.05, 0) is 30.3 Å². The summed E-state index contributed by atoms with van der Waals surface area (Å²) in [6, 6.07) is -1.07. The number of carboxylic acids is 1. The van der Waals surface area contributed by atoms with Crippen molar-refractivity contribution in [3.05, 3.63) is 20.9 Å². The average molecular weight is 665 g/mol. The summed E-state index contributed by atoms with van der Waals surface area (Å²) < 4.78 is 42.1. The fraction of sp³-hybridized carbons (Fsp3) is 0.885. The van der Waals surface area contributed by atoms with E-state index in [1.165, 1.54) is 0 Å². The number of hydrogen-bond donors (Lipinski definition) is 3. The second kappa shape index (κ2) is 34.6. The molecule has 264 valence electrons. The minimum absolute atomic E-state index is 0.128. The van der Waals surface area contributed by atoms with Crippen LogP contribution in [0.15, 0.2) is 10.2 Å². The van der Waals surface area contributed by atoms with Crippen LogP contribution in [0.1, 0.15) is 19.3 Å².